The molecule has 0 bridgehead atoms. The maximum Gasteiger partial charge on any atom is 0.354 e. The van der Waals surface area contributed by atoms with E-state index < -0.39 is 10.9 Å². The molecule has 7 heteroatoms. The lowest BCUT2D eigenvalue weighted by Crippen LogP contribution is -2.04. The van der Waals surface area contributed by atoms with E-state index in [2.05, 4.69) is 4.98 Å². The van der Waals surface area contributed by atoms with Gasteiger partial charge in [-0.15, -0.1) is 0 Å². The zero-order valence-corrected chi connectivity index (χ0v) is 10.2. The summed E-state index contributed by atoms with van der Waals surface area (Å²) in [4.78, 5) is 24.5. The number of carbonyl (C=O) groups is 1. The molecule has 0 fully saturated rings. The van der Waals surface area contributed by atoms with Crippen LogP contribution < -0.4 is 0 Å². The molecular weight excluding hydrogens is 260 g/mol. The van der Waals surface area contributed by atoms with Crippen molar-refractivity contribution in [3.63, 3.8) is 0 Å². The fraction of sp³-hybridized carbons (Fsp3) is 0.182. The summed E-state index contributed by atoms with van der Waals surface area (Å²) in [6.07, 6.45) is 0. The molecule has 18 heavy (non-hydrogen) atoms. The molecule has 0 amide bonds. The molecule has 0 atom stereocenters. The predicted octanol–water partition coefficient (Wildman–Crippen LogP) is 2.91. The Morgan fingerprint density at radius 3 is 2.83 bits per heavy atom. The highest BCUT2D eigenvalue weighted by Gasteiger charge is 2.18. The number of hydrogen-bond acceptors (Lipinski definition) is 4. The summed E-state index contributed by atoms with van der Waals surface area (Å²) in [5.74, 6) is -0.556. The van der Waals surface area contributed by atoms with Crippen LogP contribution in [0.25, 0.3) is 10.9 Å². The fourth-order valence-electron chi connectivity index (χ4n) is 1.65. The van der Waals surface area contributed by atoms with Crippen molar-refractivity contribution in [2.45, 2.75) is 6.92 Å². The monoisotopic (exact) mass is 268 g/mol. The van der Waals surface area contributed by atoms with Gasteiger partial charge in [0.1, 0.15) is 11.2 Å². The smallest absolute Gasteiger partial charge is 0.354 e. The Balaban J connectivity index is 2.60. The first kappa shape index (κ1) is 12.4. The van der Waals surface area contributed by atoms with Gasteiger partial charge < -0.3 is 9.72 Å². The Bertz CT molecular complexity index is 635. The number of nitrogens with one attached hydrogen (secondary N) is 1. The van der Waals surface area contributed by atoms with Crippen molar-refractivity contribution in [3.05, 3.63) is 39.0 Å². The summed E-state index contributed by atoms with van der Waals surface area (Å²) in [6, 6.07) is 4.25. The molecule has 0 aliphatic heterocycles. The molecule has 6 nitrogen and oxygen atoms in total. The normalized spacial score (nSPS) is 10.6. The Hall–Kier alpha value is -2.08. The maximum absolute atomic E-state index is 11.5. The van der Waals surface area contributed by atoms with Crippen LogP contribution >= 0.6 is 11.6 Å². The van der Waals surface area contributed by atoms with Crippen LogP contribution in [0, 0.1) is 10.1 Å². The quantitative estimate of drug-likeness (QED) is 0.527. The number of halogens is 1. The van der Waals surface area contributed by atoms with Gasteiger partial charge in [-0.05, 0) is 19.1 Å². The van der Waals surface area contributed by atoms with E-state index >= 15 is 0 Å². The molecule has 1 N–H and O–H groups in total. The summed E-state index contributed by atoms with van der Waals surface area (Å²) in [7, 11) is 0. The van der Waals surface area contributed by atoms with Crippen molar-refractivity contribution >= 4 is 34.2 Å². The fourth-order valence-corrected chi connectivity index (χ4v) is 1.87. The van der Waals surface area contributed by atoms with Crippen LogP contribution in [-0.4, -0.2) is 22.5 Å². The van der Waals surface area contributed by atoms with Crippen LogP contribution in [0.15, 0.2) is 18.2 Å². The average molecular weight is 269 g/mol. The molecule has 1 heterocycles. The second-order valence-electron chi connectivity index (χ2n) is 3.55. The zero-order valence-electron chi connectivity index (χ0n) is 9.40. The Kier molecular flexibility index (Phi) is 3.20. The van der Waals surface area contributed by atoms with Crippen molar-refractivity contribution in [1.82, 2.24) is 4.98 Å². The van der Waals surface area contributed by atoms with E-state index in [1.165, 1.54) is 12.1 Å². The molecule has 1 aromatic carbocycles. The second kappa shape index (κ2) is 4.66. The molecule has 0 unspecified atom stereocenters. The van der Waals surface area contributed by atoms with Gasteiger partial charge >= 0.3 is 5.97 Å². The van der Waals surface area contributed by atoms with Crippen molar-refractivity contribution in [2.75, 3.05) is 6.61 Å². The van der Waals surface area contributed by atoms with Crippen LogP contribution in [0.4, 0.5) is 5.69 Å². The number of fused-ring (bicyclic) bond motifs is 1. The molecule has 94 valence electrons. The van der Waals surface area contributed by atoms with Crippen LogP contribution in [0.2, 0.25) is 5.02 Å². The number of non-ortho nitro benzene ring substituents is 1. The standard InChI is InChI=1S/C11H9ClN2O4/c1-2-18-11(15)8-4-6-3-7(12)5-9(14(16)17)10(6)13-8/h3-5,13H,2H2,1H3. The van der Waals surface area contributed by atoms with Crippen molar-refractivity contribution in [3.8, 4) is 0 Å². The highest BCUT2D eigenvalue weighted by atomic mass is 35.5. The molecule has 0 radical (unpaired) electrons. The van der Waals surface area contributed by atoms with Gasteiger partial charge in [0.05, 0.1) is 11.5 Å². The van der Waals surface area contributed by atoms with Crippen LogP contribution in [0.5, 0.6) is 0 Å². The van der Waals surface area contributed by atoms with E-state index in [1.54, 1.807) is 13.0 Å². The number of nitro benzene ring substituents is 1. The zero-order chi connectivity index (χ0) is 13.3. The number of aromatic amines is 1. The third kappa shape index (κ3) is 2.14. The second-order valence-corrected chi connectivity index (χ2v) is 3.99. The number of esters is 1. The number of nitrogens with zero attached hydrogens (tertiary/aromatic N) is 1. The van der Waals surface area contributed by atoms with Crippen LogP contribution in [0.1, 0.15) is 17.4 Å². The van der Waals surface area contributed by atoms with Crippen molar-refractivity contribution < 1.29 is 14.5 Å². The van der Waals surface area contributed by atoms with Gasteiger partial charge in [0, 0.05) is 16.5 Å². The van der Waals surface area contributed by atoms with Gasteiger partial charge in [0.2, 0.25) is 0 Å². The summed E-state index contributed by atoms with van der Waals surface area (Å²) in [5, 5.41) is 11.6. The number of H-pyrrole nitrogens is 1. The first-order valence-electron chi connectivity index (χ1n) is 5.16. The largest absolute Gasteiger partial charge is 0.461 e. The average Bonchev–Trinajstić information content (AvgIpc) is 2.71. The number of nitro groups is 1. The van der Waals surface area contributed by atoms with Gasteiger partial charge in [-0.1, -0.05) is 11.6 Å². The molecular formula is C11H9ClN2O4. The third-order valence-electron chi connectivity index (χ3n) is 2.36. The molecule has 2 aromatic rings. The highest BCUT2D eigenvalue weighted by Crippen LogP contribution is 2.29. The number of aromatic nitrogens is 1. The molecule has 1 aromatic heterocycles. The number of hydrogen-bond donors (Lipinski definition) is 1. The van der Waals surface area contributed by atoms with Gasteiger partial charge in [0.15, 0.2) is 0 Å². The summed E-state index contributed by atoms with van der Waals surface area (Å²) in [5.41, 5.74) is 0.248. The summed E-state index contributed by atoms with van der Waals surface area (Å²) < 4.78 is 4.82. The molecule has 0 aliphatic carbocycles. The van der Waals surface area contributed by atoms with E-state index in [1.807, 2.05) is 0 Å². The van der Waals surface area contributed by atoms with Gasteiger partial charge in [0.25, 0.3) is 5.69 Å². The van der Waals surface area contributed by atoms with Crippen LogP contribution in [0.3, 0.4) is 0 Å². The maximum atomic E-state index is 11.5. The van der Waals surface area contributed by atoms with E-state index in [9.17, 15) is 14.9 Å². The third-order valence-corrected chi connectivity index (χ3v) is 2.58. The lowest BCUT2D eigenvalue weighted by Gasteiger charge is -1.97. The van der Waals surface area contributed by atoms with E-state index in [0.717, 1.165) is 0 Å². The Labute approximate surface area is 107 Å². The lowest BCUT2D eigenvalue weighted by molar-refractivity contribution is -0.383. The van der Waals surface area contributed by atoms with Gasteiger partial charge in [-0.25, -0.2) is 4.79 Å². The topological polar surface area (TPSA) is 85.2 Å². The van der Waals surface area contributed by atoms with Crippen molar-refractivity contribution in [2.24, 2.45) is 0 Å². The Morgan fingerprint density at radius 1 is 1.50 bits per heavy atom. The molecule has 0 saturated heterocycles. The van der Waals surface area contributed by atoms with Gasteiger partial charge in [-0.3, -0.25) is 10.1 Å². The molecule has 0 spiro atoms. The Morgan fingerprint density at radius 2 is 2.22 bits per heavy atom. The summed E-state index contributed by atoms with van der Waals surface area (Å²) in [6.45, 7) is 1.91. The number of rotatable bonds is 3. The number of carbonyl (C=O) groups excluding carboxylic acids is 1. The number of ether oxygens (including phenoxy) is 1. The lowest BCUT2D eigenvalue weighted by atomic mass is 10.2. The number of benzene rings is 1. The van der Waals surface area contributed by atoms with Crippen LogP contribution in [-0.2, 0) is 4.74 Å². The van der Waals surface area contributed by atoms with E-state index in [4.69, 9.17) is 16.3 Å². The summed E-state index contributed by atoms with van der Waals surface area (Å²) >= 11 is 5.78. The minimum atomic E-state index is -0.556. The van der Waals surface area contributed by atoms with E-state index in [0.29, 0.717) is 5.39 Å². The molecule has 0 saturated carbocycles. The molecule has 2 rings (SSSR count). The minimum absolute atomic E-state index is 0.164. The van der Waals surface area contributed by atoms with Crippen molar-refractivity contribution in [1.29, 1.82) is 0 Å². The SMILES string of the molecule is CCOC(=O)c1cc2cc(Cl)cc([N+](=O)[O-])c2[nH]1. The minimum Gasteiger partial charge on any atom is -0.461 e. The van der Waals surface area contributed by atoms with E-state index in [-0.39, 0.29) is 28.5 Å². The highest BCUT2D eigenvalue weighted by molar-refractivity contribution is 6.31. The molecule has 0 aliphatic rings. The first-order valence-corrected chi connectivity index (χ1v) is 5.54. The predicted molar refractivity (Wildman–Crippen MR) is 65.9 cm³/mol. The first-order chi connectivity index (χ1) is 8.52. The van der Waals surface area contributed by atoms with Gasteiger partial charge in [-0.2, -0.15) is 0 Å².